The fraction of sp³-hybridized carbons (Fsp3) is 0.500. The minimum Gasteiger partial charge on any atom is -0.477 e. The highest BCUT2D eigenvalue weighted by Crippen LogP contribution is 2.31. The Labute approximate surface area is 123 Å². The van der Waals surface area contributed by atoms with E-state index in [-0.39, 0.29) is 5.97 Å². The molecule has 5 nitrogen and oxygen atoms in total. The first kappa shape index (κ1) is 15.1. The molecule has 0 amide bonds. The Morgan fingerprint density at radius 2 is 2.35 bits per heavy atom. The lowest BCUT2D eigenvalue weighted by Crippen LogP contribution is -2.24. The summed E-state index contributed by atoms with van der Waals surface area (Å²) in [6, 6.07) is 5.52. The molecule has 20 heavy (non-hydrogen) atoms. The van der Waals surface area contributed by atoms with Crippen molar-refractivity contribution in [3.63, 3.8) is 0 Å². The van der Waals surface area contributed by atoms with Crippen molar-refractivity contribution in [1.82, 2.24) is 5.32 Å². The minimum absolute atomic E-state index is 0.330. The molecule has 0 aromatic heterocycles. The SMILES string of the molecule is COCCNCc1cccc(Cl)c1OC1CCOC1=O. The predicted molar refractivity (Wildman–Crippen MR) is 75.0 cm³/mol. The smallest absolute Gasteiger partial charge is 0.347 e. The summed E-state index contributed by atoms with van der Waals surface area (Å²) < 4.78 is 15.6. The first-order valence-corrected chi connectivity index (χ1v) is 6.90. The molecule has 1 atom stereocenters. The van der Waals surface area contributed by atoms with Crippen LogP contribution >= 0.6 is 11.6 Å². The van der Waals surface area contributed by atoms with Gasteiger partial charge in [0, 0.05) is 32.2 Å². The largest absolute Gasteiger partial charge is 0.477 e. The molecule has 1 aromatic carbocycles. The van der Waals surface area contributed by atoms with E-state index in [1.54, 1.807) is 13.2 Å². The van der Waals surface area contributed by atoms with Crippen molar-refractivity contribution in [2.45, 2.75) is 19.1 Å². The molecule has 0 aliphatic carbocycles. The predicted octanol–water partition coefficient (Wildman–Crippen LogP) is 1.77. The lowest BCUT2D eigenvalue weighted by Gasteiger charge is -2.16. The zero-order valence-corrected chi connectivity index (χ0v) is 12.1. The highest BCUT2D eigenvalue weighted by Gasteiger charge is 2.29. The van der Waals surface area contributed by atoms with Gasteiger partial charge in [-0.2, -0.15) is 0 Å². The van der Waals surface area contributed by atoms with E-state index in [0.29, 0.717) is 37.0 Å². The maximum atomic E-state index is 11.5. The molecule has 1 N–H and O–H groups in total. The topological polar surface area (TPSA) is 56.8 Å². The van der Waals surface area contributed by atoms with Crippen LogP contribution in [0.3, 0.4) is 0 Å². The van der Waals surface area contributed by atoms with Gasteiger partial charge in [-0.1, -0.05) is 23.7 Å². The normalized spacial score (nSPS) is 18.1. The van der Waals surface area contributed by atoms with Gasteiger partial charge in [0.15, 0.2) is 6.10 Å². The molecule has 1 fully saturated rings. The molecule has 6 heteroatoms. The highest BCUT2D eigenvalue weighted by atomic mass is 35.5. The van der Waals surface area contributed by atoms with Crippen LogP contribution < -0.4 is 10.1 Å². The Hall–Kier alpha value is -1.30. The number of halogens is 1. The van der Waals surface area contributed by atoms with Gasteiger partial charge >= 0.3 is 5.97 Å². The van der Waals surface area contributed by atoms with E-state index in [2.05, 4.69) is 5.32 Å². The molecule has 1 aromatic rings. The Morgan fingerprint density at radius 1 is 1.50 bits per heavy atom. The van der Waals surface area contributed by atoms with Crippen LogP contribution in [0.2, 0.25) is 5.02 Å². The Bertz CT molecular complexity index is 466. The molecule has 2 rings (SSSR count). The van der Waals surface area contributed by atoms with E-state index in [1.165, 1.54) is 0 Å². The number of para-hydroxylation sites is 1. The first-order valence-electron chi connectivity index (χ1n) is 6.52. The number of hydrogen-bond donors (Lipinski definition) is 1. The third kappa shape index (κ3) is 3.85. The molecule has 1 aliphatic heterocycles. The summed E-state index contributed by atoms with van der Waals surface area (Å²) in [5.41, 5.74) is 0.910. The average molecular weight is 300 g/mol. The van der Waals surface area contributed by atoms with Crippen molar-refractivity contribution in [3.8, 4) is 5.75 Å². The van der Waals surface area contributed by atoms with Crippen molar-refractivity contribution < 1.29 is 19.0 Å². The lowest BCUT2D eigenvalue weighted by atomic mass is 10.2. The summed E-state index contributed by atoms with van der Waals surface area (Å²) in [4.78, 5) is 11.5. The van der Waals surface area contributed by atoms with Gasteiger partial charge in [0.2, 0.25) is 0 Å². The Morgan fingerprint density at radius 3 is 3.05 bits per heavy atom. The zero-order valence-electron chi connectivity index (χ0n) is 11.4. The molecule has 0 radical (unpaired) electrons. The van der Waals surface area contributed by atoms with Gasteiger partial charge in [-0.25, -0.2) is 4.79 Å². The number of cyclic esters (lactones) is 1. The summed E-state index contributed by atoms with van der Waals surface area (Å²) in [7, 11) is 1.65. The van der Waals surface area contributed by atoms with Crippen LogP contribution in [0.1, 0.15) is 12.0 Å². The van der Waals surface area contributed by atoms with Crippen LogP contribution in [0.25, 0.3) is 0 Å². The summed E-state index contributed by atoms with van der Waals surface area (Å²) >= 11 is 6.17. The molecule has 1 saturated heterocycles. The molecule has 110 valence electrons. The van der Waals surface area contributed by atoms with E-state index >= 15 is 0 Å². The third-order valence-corrected chi connectivity index (χ3v) is 3.29. The highest BCUT2D eigenvalue weighted by molar-refractivity contribution is 6.32. The van der Waals surface area contributed by atoms with Crippen LogP contribution in [0, 0.1) is 0 Å². The third-order valence-electron chi connectivity index (χ3n) is 2.99. The second-order valence-electron chi connectivity index (χ2n) is 4.46. The molecular weight excluding hydrogens is 282 g/mol. The number of carbonyl (C=O) groups is 1. The van der Waals surface area contributed by atoms with E-state index in [1.807, 2.05) is 12.1 Å². The molecule has 0 spiro atoms. The summed E-state index contributed by atoms with van der Waals surface area (Å²) in [6.45, 7) is 2.36. The molecule has 1 heterocycles. The number of benzene rings is 1. The molecule has 1 unspecified atom stereocenters. The number of hydrogen-bond acceptors (Lipinski definition) is 5. The number of carbonyl (C=O) groups excluding carboxylic acids is 1. The van der Waals surface area contributed by atoms with Crippen molar-refractivity contribution in [2.75, 3.05) is 26.9 Å². The fourth-order valence-electron chi connectivity index (χ4n) is 1.95. The van der Waals surface area contributed by atoms with Crippen LogP contribution in [0.15, 0.2) is 18.2 Å². The average Bonchev–Trinajstić information content (AvgIpc) is 2.84. The van der Waals surface area contributed by atoms with Crippen molar-refractivity contribution in [2.24, 2.45) is 0 Å². The maximum absolute atomic E-state index is 11.5. The van der Waals surface area contributed by atoms with Crippen molar-refractivity contribution >= 4 is 17.6 Å². The van der Waals surface area contributed by atoms with Gasteiger partial charge in [0.05, 0.1) is 18.2 Å². The fourth-order valence-corrected chi connectivity index (χ4v) is 2.19. The number of rotatable bonds is 7. The van der Waals surface area contributed by atoms with Gasteiger partial charge in [-0.15, -0.1) is 0 Å². The Kier molecular flexibility index (Phi) is 5.64. The van der Waals surface area contributed by atoms with E-state index in [9.17, 15) is 4.79 Å². The number of ether oxygens (including phenoxy) is 3. The molecule has 1 aliphatic rings. The van der Waals surface area contributed by atoms with Gasteiger partial charge < -0.3 is 19.5 Å². The molecule has 0 saturated carbocycles. The number of nitrogens with one attached hydrogen (secondary N) is 1. The quantitative estimate of drug-likeness (QED) is 0.614. The van der Waals surface area contributed by atoms with Crippen LogP contribution in [-0.4, -0.2) is 38.9 Å². The minimum atomic E-state index is -0.562. The summed E-state index contributed by atoms with van der Waals surface area (Å²) in [5.74, 6) is 0.214. The van der Waals surface area contributed by atoms with E-state index in [0.717, 1.165) is 12.1 Å². The number of methoxy groups -OCH3 is 1. The van der Waals surface area contributed by atoms with Crippen LogP contribution in [0.4, 0.5) is 0 Å². The van der Waals surface area contributed by atoms with Gasteiger partial charge in [0.1, 0.15) is 5.75 Å². The van der Waals surface area contributed by atoms with Crippen molar-refractivity contribution in [1.29, 1.82) is 0 Å². The van der Waals surface area contributed by atoms with Crippen LogP contribution in [-0.2, 0) is 20.8 Å². The Balaban J connectivity index is 2.03. The zero-order chi connectivity index (χ0) is 14.4. The second kappa shape index (κ2) is 7.47. The molecular formula is C14H18ClNO4. The molecule has 0 bridgehead atoms. The lowest BCUT2D eigenvalue weighted by molar-refractivity contribution is -0.143. The van der Waals surface area contributed by atoms with Gasteiger partial charge in [0.25, 0.3) is 0 Å². The summed E-state index contributed by atoms with van der Waals surface area (Å²) in [6.07, 6.45) is -0.00623. The van der Waals surface area contributed by atoms with Crippen molar-refractivity contribution in [3.05, 3.63) is 28.8 Å². The van der Waals surface area contributed by atoms with E-state index < -0.39 is 6.10 Å². The monoisotopic (exact) mass is 299 g/mol. The standard InChI is InChI=1S/C14H18ClNO4/c1-18-8-6-16-9-10-3-2-4-11(15)13(10)20-12-5-7-19-14(12)17/h2-4,12,16H,5-9H2,1H3. The van der Waals surface area contributed by atoms with Gasteiger partial charge in [-0.05, 0) is 6.07 Å². The van der Waals surface area contributed by atoms with Crippen LogP contribution in [0.5, 0.6) is 5.75 Å². The first-order chi connectivity index (χ1) is 9.72. The number of esters is 1. The van der Waals surface area contributed by atoms with Gasteiger partial charge in [-0.3, -0.25) is 0 Å². The van der Waals surface area contributed by atoms with E-state index in [4.69, 9.17) is 25.8 Å². The maximum Gasteiger partial charge on any atom is 0.347 e. The second-order valence-corrected chi connectivity index (χ2v) is 4.87. The summed E-state index contributed by atoms with van der Waals surface area (Å²) in [5, 5.41) is 3.72.